The topological polar surface area (TPSA) is 12.0 Å². The first kappa shape index (κ1) is 14.8. The monoisotopic (exact) mass is 311 g/mol. The van der Waals surface area contributed by atoms with Gasteiger partial charge in [-0.3, -0.25) is 0 Å². The second-order valence-electron chi connectivity index (χ2n) is 6.37. The highest BCUT2D eigenvalue weighted by molar-refractivity contribution is 5.87. The van der Waals surface area contributed by atoms with E-state index in [9.17, 15) is 0 Å². The first-order chi connectivity index (χ1) is 11.8. The number of nitrogens with one attached hydrogen (secondary N) is 1. The van der Waals surface area contributed by atoms with Crippen LogP contribution in [0.4, 0.5) is 5.69 Å². The highest BCUT2D eigenvalue weighted by atomic mass is 14.9. The van der Waals surface area contributed by atoms with Crippen molar-refractivity contribution in [3.63, 3.8) is 0 Å². The van der Waals surface area contributed by atoms with E-state index in [1.54, 1.807) is 0 Å². The van der Waals surface area contributed by atoms with Crippen LogP contribution in [0.1, 0.15) is 24.0 Å². The van der Waals surface area contributed by atoms with Crippen LogP contribution in [0, 0.1) is 0 Å². The van der Waals surface area contributed by atoms with Crippen LogP contribution in [0.15, 0.2) is 90.5 Å². The Kier molecular flexibility index (Phi) is 3.92. The average Bonchev–Trinajstić information content (AvgIpc) is 3.06. The molecule has 0 amide bonds. The predicted octanol–water partition coefficient (Wildman–Crippen LogP) is 6.05. The molecule has 4 rings (SSSR count). The quantitative estimate of drug-likeness (QED) is 0.618. The van der Waals surface area contributed by atoms with Crippen LogP contribution in [0.2, 0.25) is 0 Å². The Morgan fingerprint density at radius 1 is 0.875 bits per heavy atom. The third-order valence-corrected chi connectivity index (χ3v) is 4.69. The number of allylic oxidation sites excluding steroid dienone is 4. The van der Waals surface area contributed by atoms with Gasteiger partial charge in [-0.05, 0) is 41.0 Å². The molecule has 3 aromatic rings. The number of anilines is 1. The van der Waals surface area contributed by atoms with Gasteiger partial charge in [0.05, 0.1) is 0 Å². The zero-order valence-corrected chi connectivity index (χ0v) is 13.9. The molecule has 118 valence electrons. The van der Waals surface area contributed by atoms with Crippen molar-refractivity contribution < 1.29 is 0 Å². The van der Waals surface area contributed by atoms with E-state index in [1.807, 2.05) is 6.07 Å². The summed E-state index contributed by atoms with van der Waals surface area (Å²) in [5.41, 5.74) is 5.28. The van der Waals surface area contributed by atoms with Gasteiger partial charge in [-0.15, -0.1) is 0 Å². The molecule has 0 bridgehead atoms. The van der Waals surface area contributed by atoms with Gasteiger partial charge in [0.1, 0.15) is 0 Å². The van der Waals surface area contributed by atoms with Crippen LogP contribution in [0.25, 0.3) is 10.8 Å². The van der Waals surface area contributed by atoms with Crippen LogP contribution < -0.4 is 5.32 Å². The molecule has 1 aliphatic rings. The summed E-state index contributed by atoms with van der Waals surface area (Å²) in [7, 11) is 0. The highest BCUT2D eigenvalue weighted by Gasteiger charge is 2.16. The van der Waals surface area contributed by atoms with Crippen LogP contribution >= 0.6 is 0 Å². The van der Waals surface area contributed by atoms with Gasteiger partial charge in [0.2, 0.25) is 0 Å². The third kappa shape index (κ3) is 2.85. The van der Waals surface area contributed by atoms with Crippen LogP contribution in [0.3, 0.4) is 0 Å². The Morgan fingerprint density at radius 2 is 1.67 bits per heavy atom. The molecule has 0 aromatic heterocycles. The lowest BCUT2D eigenvalue weighted by atomic mass is 9.90. The maximum Gasteiger partial charge on any atom is 0.0410 e. The van der Waals surface area contributed by atoms with E-state index < -0.39 is 0 Å². The summed E-state index contributed by atoms with van der Waals surface area (Å²) in [6.07, 6.45) is 6.86. The minimum atomic E-state index is 0.377. The molecular formula is C23H21N. The molecule has 0 radical (unpaired) electrons. The van der Waals surface area contributed by atoms with Gasteiger partial charge >= 0.3 is 0 Å². The van der Waals surface area contributed by atoms with E-state index in [4.69, 9.17) is 0 Å². The molecule has 1 atom stereocenters. The lowest BCUT2D eigenvalue weighted by molar-refractivity contribution is 1.03. The number of benzene rings is 3. The van der Waals surface area contributed by atoms with Crippen molar-refractivity contribution >= 4 is 16.5 Å². The van der Waals surface area contributed by atoms with Crippen LogP contribution in [-0.2, 0) is 6.54 Å². The third-order valence-electron chi connectivity index (χ3n) is 4.69. The highest BCUT2D eigenvalue weighted by Crippen LogP contribution is 2.33. The zero-order valence-electron chi connectivity index (χ0n) is 13.9. The van der Waals surface area contributed by atoms with E-state index in [-0.39, 0.29) is 0 Å². The molecule has 24 heavy (non-hydrogen) atoms. The van der Waals surface area contributed by atoms with Crippen LogP contribution in [-0.4, -0.2) is 0 Å². The summed E-state index contributed by atoms with van der Waals surface area (Å²) in [5, 5.41) is 6.22. The molecule has 0 spiro atoms. The number of para-hydroxylation sites is 1. The lowest BCUT2D eigenvalue weighted by Crippen LogP contribution is -2.05. The number of hydrogen-bond acceptors (Lipinski definition) is 1. The summed E-state index contributed by atoms with van der Waals surface area (Å²) in [5.74, 6) is 0.377. The Hall–Kier alpha value is -2.80. The molecule has 1 N–H and O–H groups in total. The summed E-state index contributed by atoms with van der Waals surface area (Å²) in [4.78, 5) is 0. The summed E-state index contributed by atoms with van der Waals surface area (Å²) < 4.78 is 0. The SMILES string of the molecule is CC1=CC(c2ccc3ccccc3c2CNc2ccccc2)C=C1. The molecule has 0 saturated carbocycles. The van der Waals surface area contributed by atoms with Gasteiger partial charge in [0.15, 0.2) is 0 Å². The fraction of sp³-hybridized carbons (Fsp3) is 0.130. The fourth-order valence-electron chi connectivity index (χ4n) is 3.45. The van der Waals surface area contributed by atoms with Crippen molar-refractivity contribution in [2.75, 3.05) is 5.32 Å². The molecule has 1 aliphatic carbocycles. The van der Waals surface area contributed by atoms with E-state index in [1.165, 1.54) is 27.5 Å². The minimum Gasteiger partial charge on any atom is -0.381 e. The molecule has 0 aliphatic heterocycles. The molecule has 0 fully saturated rings. The summed E-state index contributed by atoms with van der Waals surface area (Å²) >= 11 is 0. The zero-order chi connectivity index (χ0) is 16.4. The Morgan fingerprint density at radius 3 is 2.46 bits per heavy atom. The van der Waals surface area contributed by atoms with Crippen molar-refractivity contribution in [1.82, 2.24) is 0 Å². The van der Waals surface area contributed by atoms with E-state index in [0.29, 0.717) is 5.92 Å². The van der Waals surface area contributed by atoms with Gasteiger partial charge in [-0.2, -0.15) is 0 Å². The van der Waals surface area contributed by atoms with Crippen molar-refractivity contribution in [3.8, 4) is 0 Å². The maximum absolute atomic E-state index is 3.58. The van der Waals surface area contributed by atoms with E-state index >= 15 is 0 Å². The lowest BCUT2D eigenvalue weighted by Gasteiger charge is -2.17. The predicted molar refractivity (Wildman–Crippen MR) is 103 cm³/mol. The van der Waals surface area contributed by atoms with Gasteiger partial charge in [0, 0.05) is 18.2 Å². The average molecular weight is 311 g/mol. The van der Waals surface area contributed by atoms with Crippen molar-refractivity contribution in [2.45, 2.75) is 19.4 Å². The minimum absolute atomic E-state index is 0.377. The van der Waals surface area contributed by atoms with Crippen molar-refractivity contribution in [1.29, 1.82) is 0 Å². The van der Waals surface area contributed by atoms with E-state index in [0.717, 1.165) is 12.2 Å². The second-order valence-corrected chi connectivity index (χ2v) is 6.37. The summed E-state index contributed by atoms with van der Waals surface area (Å²) in [6, 6.07) is 23.6. The first-order valence-corrected chi connectivity index (χ1v) is 8.47. The second kappa shape index (κ2) is 6.37. The molecule has 1 heteroatoms. The molecule has 1 unspecified atom stereocenters. The van der Waals surface area contributed by atoms with Crippen LogP contribution in [0.5, 0.6) is 0 Å². The number of fused-ring (bicyclic) bond motifs is 1. The standard InChI is InChI=1S/C23H21N/c1-17-11-12-19(15-17)22-14-13-18-7-5-6-10-21(18)23(22)16-24-20-8-3-2-4-9-20/h2-15,19,24H,16H2,1H3. The summed E-state index contributed by atoms with van der Waals surface area (Å²) in [6.45, 7) is 3.00. The molecule has 3 aromatic carbocycles. The van der Waals surface area contributed by atoms with Crippen molar-refractivity contribution in [3.05, 3.63) is 102 Å². The van der Waals surface area contributed by atoms with Gasteiger partial charge in [-0.25, -0.2) is 0 Å². The van der Waals surface area contributed by atoms with Gasteiger partial charge in [0.25, 0.3) is 0 Å². The molecular weight excluding hydrogens is 290 g/mol. The Balaban J connectivity index is 1.76. The smallest absolute Gasteiger partial charge is 0.0410 e. The van der Waals surface area contributed by atoms with E-state index in [2.05, 4.69) is 91.1 Å². The number of rotatable bonds is 4. The first-order valence-electron chi connectivity index (χ1n) is 8.47. The van der Waals surface area contributed by atoms with Gasteiger partial charge < -0.3 is 5.32 Å². The Labute approximate surface area is 143 Å². The van der Waals surface area contributed by atoms with Gasteiger partial charge in [-0.1, -0.05) is 78.4 Å². The van der Waals surface area contributed by atoms with Crippen molar-refractivity contribution in [2.24, 2.45) is 0 Å². The fourth-order valence-corrected chi connectivity index (χ4v) is 3.45. The maximum atomic E-state index is 3.58. The largest absolute Gasteiger partial charge is 0.381 e. The molecule has 0 heterocycles. The Bertz CT molecular complexity index is 919. The molecule has 0 saturated heterocycles. The molecule has 1 nitrogen and oxygen atoms in total. The normalized spacial score (nSPS) is 16.4. The number of hydrogen-bond donors (Lipinski definition) is 1.